The minimum Gasteiger partial charge on any atom is -0.207 e. The van der Waals surface area contributed by atoms with Gasteiger partial charge in [-0.2, -0.15) is 9.57 Å². The van der Waals surface area contributed by atoms with Crippen molar-refractivity contribution in [3.8, 4) is 6.07 Å². The van der Waals surface area contributed by atoms with E-state index in [4.69, 9.17) is 16.9 Å². The first-order valence-electron chi connectivity index (χ1n) is 6.35. The van der Waals surface area contributed by atoms with E-state index in [0.717, 1.165) is 18.4 Å². The Balaban J connectivity index is 2.12. The van der Waals surface area contributed by atoms with Crippen molar-refractivity contribution in [2.45, 2.75) is 25.3 Å². The average molecular weight is 311 g/mol. The zero-order chi connectivity index (χ0) is 14.6. The molecular weight excluding hydrogens is 296 g/mol. The summed E-state index contributed by atoms with van der Waals surface area (Å²) in [5.41, 5.74) is 0.772. The van der Waals surface area contributed by atoms with Gasteiger partial charge in [-0.1, -0.05) is 23.7 Å². The summed E-state index contributed by atoms with van der Waals surface area (Å²) < 4.78 is 25.9. The summed E-state index contributed by atoms with van der Waals surface area (Å²) in [6.07, 6.45) is 3.51. The SMILES string of the molecule is N#CCCN(C1CC1)S(=O)(=O)/C=C/c1ccc(Cl)cc1. The fraction of sp³-hybridized carbons (Fsp3) is 0.357. The highest BCUT2D eigenvalue weighted by Crippen LogP contribution is 2.30. The van der Waals surface area contributed by atoms with Gasteiger partial charge in [0.25, 0.3) is 0 Å². The average Bonchev–Trinajstić information content (AvgIpc) is 3.23. The lowest BCUT2D eigenvalue weighted by Crippen LogP contribution is -2.32. The summed E-state index contributed by atoms with van der Waals surface area (Å²) in [6, 6.07) is 8.98. The molecule has 0 saturated heterocycles. The largest absolute Gasteiger partial charge is 0.236 e. The van der Waals surface area contributed by atoms with Crippen molar-refractivity contribution < 1.29 is 8.42 Å². The van der Waals surface area contributed by atoms with Crippen LogP contribution in [0.3, 0.4) is 0 Å². The Labute approximate surface area is 124 Å². The fourth-order valence-corrected chi connectivity index (χ4v) is 3.44. The Bertz CT molecular complexity index is 628. The molecule has 1 aliphatic carbocycles. The molecule has 0 aromatic heterocycles. The lowest BCUT2D eigenvalue weighted by molar-refractivity contribution is 0.417. The van der Waals surface area contributed by atoms with Crippen LogP contribution in [-0.4, -0.2) is 25.3 Å². The van der Waals surface area contributed by atoms with Gasteiger partial charge in [-0.3, -0.25) is 0 Å². The Morgan fingerprint density at radius 3 is 2.55 bits per heavy atom. The molecule has 6 heteroatoms. The Hall–Kier alpha value is -1.35. The summed E-state index contributed by atoms with van der Waals surface area (Å²) in [6.45, 7) is 0.258. The molecule has 0 spiro atoms. The van der Waals surface area contributed by atoms with Gasteiger partial charge in [-0.15, -0.1) is 0 Å². The molecule has 0 amide bonds. The number of nitriles is 1. The first kappa shape index (κ1) is 15.0. The molecule has 20 heavy (non-hydrogen) atoms. The number of benzene rings is 1. The molecule has 0 aliphatic heterocycles. The van der Waals surface area contributed by atoms with E-state index in [9.17, 15) is 8.42 Å². The van der Waals surface area contributed by atoms with Crippen molar-refractivity contribution in [1.29, 1.82) is 5.26 Å². The molecule has 0 heterocycles. The van der Waals surface area contributed by atoms with Gasteiger partial charge in [-0.25, -0.2) is 8.42 Å². The topological polar surface area (TPSA) is 61.2 Å². The monoisotopic (exact) mass is 310 g/mol. The van der Waals surface area contributed by atoms with Crippen molar-refractivity contribution in [3.05, 3.63) is 40.3 Å². The molecule has 0 unspecified atom stereocenters. The first-order valence-corrected chi connectivity index (χ1v) is 8.23. The highest BCUT2D eigenvalue weighted by molar-refractivity contribution is 7.92. The summed E-state index contributed by atoms with van der Waals surface area (Å²) in [7, 11) is -3.47. The van der Waals surface area contributed by atoms with Gasteiger partial charge in [0.15, 0.2) is 0 Å². The summed E-state index contributed by atoms with van der Waals surface area (Å²) >= 11 is 5.78. The normalized spacial score (nSPS) is 15.7. The molecule has 0 bridgehead atoms. The fourth-order valence-electron chi connectivity index (χ4n) is 1.86. The summed E-state index contributed by atoms with van der Waals surface area (Å²) in [5.74, 6) is 0. The van der Waals surface area contributed by atoms with Crippen LogP contribution in [0.5, 0.6) is 0 Å². The number of hydrogen-bond donors (Lipinski definition) is 0. The zero-order valence-corrected chi connectivity index (χ0v) is 12.4. The van der Waals surface area contributed by atoms with Crippen LogP contribution in [0.15, 0.2) is 29.7 Å². The second kappa shape index (κ2) is 6.40. The minimum atomic E-state index is -3.47. The maximum atomic E-state index is 12.3. The quantitative estimate of drug-likeness (QED) is 0.811. The number of rotatable bonds is 6. The number of hydrogen-bond acceptors (Lipinski definition) is 3. The van der Waals surface area contributed by atoms with Gasteiger partial charge in [0.05, 0.1) is 6.07 Å². The standard InChI is InChI=1S/C14H15ClN2O2S/c15-13-4-2-12(3-5-13)8-11-20(18,19)17(10-1-9-16)14-6-7-14/h2-5,8,11,14H,1,6-7,10H2/b11-8+. The second-order valence-electron chi connectivity index (χ2n) is 4.65. The molecule has 106 valence electrons. The van der Waals surface area contributed by atoms with Crippen LogP contribution in [0.2, 0.25) is 5.02 Å². The smallest absolute Gasteiger partial charge is 0.207 e. The number of nitrogens with zero attached hydrogens (tertiary/aromatic N) is 2. The van der Waals surface area contributed by atoms with Crippen molar-refractivity contribution in [2.24, 2.45) is 0 Å². The maximum Gasteiger partial charge on any atom is 0.236 e. The lowest BCUT2D eigenvalue weighted by Gasteiger charge is -2.18. The van der Waals surface area contributed by atoms with Crippen molar-refractivity contribution in [2.75, 3.05) is 6.54 Å². The van der Waals surface area contributed by atoms with Crippen LogP contribution in [0.1, 0.15) is 24.8 Å². The van der Waals surface area contributed by atoms with Gasteiger partial charge >= 0.3 is 0 Å². The molecule has 0 atom stereocenters. The Kier molecular flexibility index (Phi) is 4.81. The van der Waals surface area contributed by atoms with Crippen molar-refractivity contribution >= 4 is 27.7 Å². The van der Waals surface area contributed by atoms with E-state index in [2.05, 4.69) is 0 Å². The van der Waals surface area contributed by atoms with E-state index in [0.29, 0.717) is 5.02 Å². The Morgan fingerprint density at radius 1 is 1.35 bits per heavy atom. The minimum absolute atomic E-state index is 0.0585. The predicted octanol–water partition coefficient (Wildman–Crippen LogP) is 3.02. The van der Waals surface area contributed by atoms with Crippen LogP contribution in [-0.2, 0) is 10.0 Å². The first-order chi connectivity index (χ1) is 9.53. The molecule has 0 radical (unpaired) electrons. The van der Waals surface area contributed by atoms with Gasteiger partial charge in [0, 0.05) is 29.4 Å². The van der Waals surface area contributed by atoms with E-state index in [1.165, 1.54) is 9.71 Å². The van der Waals surface area contributed by atoms with Crippen LogP contribution in [0.4, 0.5) is 0 Å². The lowest BCUT2D eigenvalue weighted by atomic mass is 10.2. The van der Waals surface area contributed by atoms with Crippen LogP contribution < -0.4 is 0 Å². The van der Waals surface area contributed by atoms with Crippen molar-refractivity contribution in [1.82, 2.24) is 4.31 Å². The highest BCUT2D eigenvalue weighted by atomic mass is 35.5. The molecule has 1 saturated carbocycles. The van der Waals surface area contributed by atoms with E-state index < -0.39 is 10.0 Å². The summed E-state index contributed by atoms with van der Waals surface area (Å²) in [4.78, 5) is 0. The molecular formula is C14H15ClN2O2S. The number of sulfonamides is 1. The van der Waals surface area contributed by atoms with Crippen molar-refractivity contribution in [3.63, 3.8) is 0 Å². The van der Waals surface area contributed by atoms with Gasteiger partial charge in [0.2, 0.25) is 10.0 Å². The van der Waals surface area contributed by atoms with E-state index in [1.54, 1.807) is 30.3 Å². The summed E-state index contributed by atoms with van der Waals surface area (Å²) in [5, 5.41) is 10.4. The molecule has 1 aromatic carbocycles. The molecule has 1 fully saturated rings. The maximum absolute atomic E-state index is 12.3. The van der Waals surface area contributed by atoms with Crippen LogP contribution >= 0.6 is 11.6 Å². The van der Waals surface area contributed by atoms with E-state index in [1.807, 2.05) is 6.07 Å². The van der Waals surface area contributed by atoms with E-state index in [-0.39, 0.29) is 19.0 Å². The molecule has 0 N–H and O–H groups in total. The Morgan fingerprint density at radius 2 is 2.00 bits per heavy atom. The molecule has 4 nitrogen and oxygen atoms in total. The molecule has 1 aliphatic rings. The number of halogens is 1. The molecule has 1 aromatic rings. The molecule has 2 rings (SSSR count). The third-order valence-electron chi connectivity index (χ3n) is 3.03. The third-order valence-corrected chi connectivity index (χ3v) is 4.89. The van der Waals surface area contributed by atoms with Gasteiger partial charge < -0.3 is 0 Å². The van der Waals surface area contributed by atoms with Gasteiger partial charge in [0.1, 0.15) is 0 Å². The van der Waals surface area contributed by atoms with E-state index >= 15 is 0 Å². The second-order valence-corrected chi connectivity index (χ2v) is 6.86. The third kappa shape index (κ3) is 4.07. The zero-order valence-electron chi connectivity index (χ0n) is 10.9. The van der Waals surface area contributed by atoms with Gasteiger partial charge in [-0.05, 0) is 36.6 Å². The van der Waals surface area contributed by atoms with Crippen LogP contribution in [0.25, 0.3) is 6.08 Å². The van der Waals surface area contributed by atoms with Crippen LogP contribution in [0, 0.1) is 11.3 Å². The highest BCUT2D eigenvalue weighted by Gasteiger charge is 2.35. The predicted molar refractivity (Wildman–Crippen MR) is 79.4 cm³/mol.